The van der Waals surface area contributed by atoms with Crippen molar-refractivity contribution in [3.8, 4) is 33.4 Å². The van der Waals surface area contributed by atoms with Crippen molar-refractivity contribution in [3.63, 3.8) is 0 Å². The maximum atomic E-state index is 2.57. The third-order valence-corrected chi connectivity index (χ3v) is 15.2. The van der Waals surface area contributed by atoms with E-state index >= 15 is 0 Å². The largest absolute Gasteiger partial charge is 0.309 e. The van der Waals surface area contributed by atoms with Gasteiger partial charge in [0, 0.05) is 68.1 Å². The van der Waals surface area contributed by atoms with Crippen LogP contribution in [0.4, 0.5) is 17.1 Å². The molecule has 0 unspecified atom stereocenters. The fourth-order valence-corrected chi connectivity index (χ4v) is 12.5. The molecule has 0 bridgehead atoms. The molecule has 2 aromatic heterocycles. The molecule has 11 aromatic carbocycles. The molecule has 63 heavy (non-hydrogen) atoms. The van der Waals surface area contributed by atoms with Crippen LogP contribution in [0.5, 0.6) is 0 Å². The van der Waals surface area contributed by atoms with Gasteiger partial charge >= 0.3 is 0 Å². The molecule has 13 rings (SSSR count). The van der Waals surface area contributed by atoms with Crippen molar-refractivity contribution in [1.29, 1.82) is 0 Å². The number of hydrogen-bond donors (Lipinski definition) is 0. The molecule has 2 heterocycles. The fraction of sp³-hybridized carbons (Fsp3) is 0. The first-order chi connectivity index (χ1) is 31.3. The highest BCUT2D eigenvalue weighted by atomic mass is 32.1. The van der Waals surface area contributed by atoms with Crippen molar-refractivity contribution in [3.05, 3.63) is 224 Å². The topological polar surface area (TPSA) is 3.24 Å². The summed E-state index contributed by atoms with van der Waals surface area (Å²) in [6, 6.07) is 83.2. The first-order valence-corrected chi connectivity index (χ1v) is 23.1. The van der Waals surface area contributed by atoms with Crippen molar-refractivity contribution in [2.45, 2.75) is 0 Å². The van der Waals surface area contributed by atoms with E-state index in [1.54, 1.807) is 0 Å². The van der Waals surface area contributed by atoms with Crippen LogP contribution in [-0.4, -0.2) is 0 Å². The molecule has 0 aliphatic heterocycles. The van der Waals surface area contributed by atoms with Crippen LogP contribution >= 0.6 is 22.7 Å². The van der Waals surface area contributed by atoms with E-state index in [0.29, 0.717) is 0 Å². The SMILES string of the molecule is c1ccc(N(c2ccc(-c3cccc4sc5ccccc5c34)cc2)c2c(-c3cccc4ccccc34)c3ccccc3c3ccccc23)c(-c2cccc3c2sc2ccccc23)c1. The van der Waals surface area contributed by atoms with E-state index in [2.05, 4.69) is 229 Å². The quantitative estimate of drug-likeness (QED) is 0.151. The smallest absolute Gasteiger partial charge is 0.0625 e. The Kier molecular flexibility index (Phi) is 8.33. The van der Waals surface area contributed by atoms with E-state index in [0.717, 1.165) is 17.1 Å². The Labute approximate surface area is 373 Å². The maximum Gasteiger partial charge on any atom is 0.0625 e. The van der Waals surface area contributed by atoms with Crippen LogP contribution in [-0.2, 0) is 0 Å². The summed E-state index contributed by atoms with van der Waals surface area (Å²) in [5.74, 6) is 0. The standard InChI is InChI=1S/C60H37NS2/c1-2-18-41-38(16-1)17-13-27-47(41)58-48-23-5-3-19-43(48)44-20-4-6-24-49(44)59(58)61(40-36-34-39(35-37-40)42-26-15-33-56-57(42)52-25-9-12-32-55(52)62-56)53-30-10-7-21-45(53)50-28-14-29-51-46-22-8-11-31-54(46)63-60(50)51/h1-37H. The molecule has 1 nitrogen and oxygen atoms in total. The van der Waals surface area contributed by atoms with E-state index in [4.69, 9.17) is 0 Å². The van der Waals surface area contributed by atoms with Crippen LogP contribution in [0.3, 0.4) is 0 Å². The Morgan fingerprint density at radius 2 is 0.825 bits per heavy atom. The zero-order chi connectivity index (χ0) is 41.4. The molecule has 0 aliphatic rings. The molecular formula is C60H37NS2. The molecule has 0 saturated heterocycles. The minimum atomic E-state index is 1.10. The molecule has 0 amide bonds. The van der Waals surface area contributed by atoms with E-state index < -0.39 is 0 Å². The molecule has 0 saturated carbocycles. The Balaban J connectivity index is 1.14. The van der Waals surface area contributed by atoms with Gasteiger partial charge in [0.15, 0.2) is 0 Å². The van der Waals surface area contributed by atoms with Crippen molar-refractivity contribution < 1.29 is 0 Å². The molecule has 0 atom stereocenters. The zero-order valence-corrected chi connectivity index (χ0v) is 35.8. The van der Waals surface area contributed by atoms with Gasteiger partial charge in [-0.25, -0.2) is 0 Å². The van der Waals surface area contributed by atoms with Gasteiger partial charge in [-0.15, -0.1) is 22.7 Å². The molecule has 294 valence electrons. The summed E-state index contributed by atoms with van der Waals surface area (Å²) in [7, 11) is 0. The summed E-state index contributed by atoms with van der Waals surface area (Å²) >= 11 is 3.75. The van der Waals surface area contributed by atoms with E-state index in [9.17, 15) is 0 Å². The molecule has 13 aromatic rings. The van der Waals surface area contributed by atoms with Gasteiger partial charge in [-0.05, 0) is 80.0 Å². The number of benzene rings is 11. The molecular weight excluding hydrogens is 799 g/mol. The van der Waals surface area contributed by atoms with Crippen LogP contribution in [0.2, 0.25) is 0 Å². The molecule has 3 heteroatoms. The number of rotatable bonds is 6. The number of nitrogens with zero attached hydrogens (tertiary/aromatic N) is 1. The van der Waals surface area contributed by atoms with Crippen LogP contribution in [0, 0.1) is 0 Å². The predicted molar refractivity (Wildman–Crippen MR) is 276 cm³/mol. The van der Waals surface area contributed by atoms with E-state index in [-0.39, 0.29) is 0 Å². The fourth-order valence-electron chi connectivity index (χ4n) is 10.1. The van der Waals surface area contributed by atoms with Gasteiger partial charge in [0.25, 0.3) is 0 Å². The van der Waals surface area contributed by atoms with Crippen molar-refractivity contribution in [2.75, 3.05) is 4.90 Å². The van der Waals surface area contributed by atoms with Gasteiger partial charge in [-0.3, -0.25) is 0 Å². The van der Waals surface area contributed by atoms with Gasteiger partial charge < -0.3 is 4.90 Å². The Hall–Kier alpha value is -7.56. The van der Waals surface area contributed by atoms with Crippen molar-refractivity contribution >= 4 is 112 Å². The summed E-state index contributed by atoms with van der Waals surface area (Å²) in [6.07, 6.45) is 0. The molecule has 0 radical (unpaired) electrons. The van der Waals surface area contributed by atoms with Gasteiger partial charge in [0.2, 0.25) is 0 Å². The van der Waals surface area contributed by atoms with Crippen molar-refractivity contribution in [1.82, 2.24) is 0 Å². The Bertz CT molecular complexity index is 3920. The third-order valence-electron chi connectivity index (χ3n) is 12.9. The Morgan fingerprint density at radius 1 is 0.302 bits per heavy atom. The summed E-state index contributed by atoms with van der Waals surface area (Å²) < 4.78 is 5.23. The third kappa shape index (κ3) is 5.67. The average molecular weight is 836 g/mol. The molecule has 0 spiro atoms. The minimum absolute atomic E-state index is 1.10. The Morgan fingerprint density at radius 3 is 1.65 bits per heavy atom. The highest BCUT2D eigenvalue weighted by Crippen LogP contribution is 2.53. The predicted octanol–water partition coefficient (Wildman–Crippen LogP) is 18.4. The monoisotopic (exact) mass is 835 g/mol. The second-order valence-electron chi connectivity index (χ2n) is 16.3. The lowest BCUT2D eigenvalue weighted by Gasteiger charge is -2.32. The van der Waals surface area contributed by atoms with Gasteiger partial charge in [0.05, 0.1) is 11.4 Å². The number of hydrogen-bond acceptors (Lipinski definition) is 3. The molecule has 0 aliphatic carbocycles. The molecule has 0 fully saturated rings. The lowest BCUT2D eigenvalue weighted by Crippen LogP contribution is -2.13. The second kappa shape index (κ2) is 14.5. The summed E-state index contributed by atoms with van der Waals surface area (Å²) in [6.45, 7) is 0. The normalized spacial score (nSPS) is 11.8. The van der Waals surface area contributed by atoms with E-state index in [1.807, 2.05) is 22.7 Å². The van der Waals surface area contributed by atoms with E-state index in [1.165, 1.54) is 106 Å². The average Bonchev–Trinajstić information content (AvgIpc) is 3.93. The highest BCUT2D eigenvalue weighted by Gasteiger charge is 2.27. The number of thiophene rings is 2. The lowest BCUT2D eigenvalue weighted by atomic mass is 9.87. The highest BCUT2D eigenvalue weighted by molar-refractivity contribution is 7.26. The number of para-hydroxylation sites is 1. The summed E-state index contributed by atoms with van der Waals surface area (Å²) in [4.78, 5) is 2.57. The van der Waals surface area contributed by atoms with Crippen LogP contribution < -0.4 is 4.90 Å². The van der Waals surface area contributed by atoms with Crippen LogP contribution in [0.1, 0.15) is 0 Å². The van der Waals surface area contributed by atoms with Gasteiger partial charge in [-0.2, -0.15) is 0 Å². The van der Waals surface area contributed by atoms with Crippen molar-refractivity contribution in [2.24, 2.45) is 0 Å². The molecule has 0 N–H and O–H groups in total. The van der Waals surface area contributed by atoms with Gasteiger partial charge in [0.1, 0.15) is 0 Å². The van der Waals surface area contributed by atoms with Gasteiger partial charge in [-0.1, -0.05) is 188 Å². The summed E-state index contributed by atoms with van der Waals surface area (Å²) in [5.41, 5.74) is 10.7. The number of fused-ring (bicyclic) bond motifs is 10. The minimum Gasteiger partial charge on any atom is -0.309 e. The lowest BCUT2D eigenvalue weighted by molar-refractivity contribution is 1.30. The maximum absolute atomic E-state index is 2.57. The summed E-state index contributed by atoms with van der Waals surface area (Å²) in [5, 5.41) is 12.6. The first-order valence-electron chi connectivity index (χ1n) is 21.5. The zero-order valence-electron chi connectivity index (χ0n) is 34.1. The first kappa shape index (κ1) is 36.1. The van der Waals surface area contributed by atoms with Crippen LogP contribution in [0.15, 0.2) is 224 Å². The number of anilines is 3. The second-order valence-corrected chi connectivity index (χ2v) is 18.4. The van der Waals surface area contributed by atoms with Crippen LogP contribution in [0.25, 0.3) is 106 Å².